The quantitative estimate of drug-likeness (QED) is 0.668. The lowest BCUT2D eigenvalue weighted by Gasteiger charge is -2.30. The molecule has 2 N–H and O–H groups in total. The molecule has 1 aliphatic carbocycles. The monoisotopic (exact) mass is 177 g/mol. The van der Waals surface area contributed by atoms with Crippen LogP contribution in [0.25, 0.3) is 0 Å². The van der Waals surface area contributed by atoms with Gasteiger partial charge in [0.25, 0.3) is 0 Å². The van der Waals surface area contributed by atoms with Crippen molar-refractivity contribution in [3.8, 4) is 0 Å². The first-order valence-corrected chi connectivity index (χ1v) is 5.98. The lowest BCUT2D eigenvalue weighted by molar-refractivity contribution is 0.274. The SMILES string of the molecule is CS(=O)(=O)CC(N)C1CCC1. The fraction of sp³-hybridized carbons (Fsp3) is 1.00. The van der Waals surface area contributed by atoms with E-state index >= 15 is 0 Å². The summed E-state index contributed by atoms with van der Waals surface area (Å²) < 4.78 is 21.6. The minimum atomic E-state index is -2.87. The van der Waals surface area contributed by atoms with Gasteiger partial charge in [0.15, 0.2) is 0 Å². The maximum atomic E-state index is 10.8. The van der Waals surface area contributed by atoms with Crippen LogP contribution in [-0.2, 0) is 9.84 Å². The third-order valence-electron chi connectivity index (χ3n) is 2.25. The first-order valence-electron chi connectivity index (χ1n) is 3.92. The van der Waals surface area contributed by atoms with Crippen LogP contribution < -0.4 is 5.73 Å². The zero-order valence-corrected chi connectivity index (χ0v) is 7.60. The summed E-state index contributed by atoms with van der Waals surface area (Å²) >= 11 is 0. The first-order chi connectivity index (χ1) is 4.99. The highest BCUT2D eigenvalue weighted by molar-refractivity contribution is 7.90. The molecule has 3 nitrogen and oxygen atoms in total. The van der Waals surface area contributed by atoms with Gasteiger partial charge in [0, 0.05) is 12.3 Å². The Balaban J connectivity index is 2.36. The van der Waals surface area contributed by atoms with Crippen LogP contribution in [0.5, 0.6) is 0 Å². The number of hydrogen-bond acceptors (Lipinski definition) is 3. The highest BCUT2D eigenvalue weighted by atomic mass is 32.2. The fourth-order valence-corrected chi connectivity index (χ4v) is 2.32. The molecule has 0 aromatic heterocycles. The van der Waals surface area contributed by atoms with Crippen LogP contribution in [0, 0.1) is 5.92 Å². The van der Waals surface area contributed by atoms with Gasteiger partial charge in [0.1, 0.15) is 9.84 Å². The van der Waals surface area contributed by atoms with Crippen LogP contribution in [0.3, 0.4) is 0 Å². The van der Waals surface area contributed by atoms with Gasteiger partial charge in [-0.2, -0.15) is 0 Å². The largest absolute Gasteiger partial charge is 0.327 e. The van der Waals surface area contributed by atoms with Crippen LogP contribution in [-0.4, -0.2) is 26.5 Å². The average Bonchev–Trinajstić information content (AvgIpc) is 1.50. The van der Waals surface area contributed by atoms with Crippen molar-refractivity contribution in [1.82, 2.24) is 0 Å². The molecule has 0 bridgehead atoms. The zero-order chi connectivity index (χ0) is 8.48. The molecule has 0 aromatic carbocycles. The molecule has 1 saturated carbocycles. The van der Waals surface area contributed by atoms with Crippen molar-refractivity contribution in [3.63, 3.8) is 0 Å². The van der Waals surface area contributed by atoms with Crippen molar-refractivity contribution in [3.05, 3.63) is 0 Å². The van der Waals surface area contributed by atoms with E-state index in [0.717, 1.165) is 12.8 Å². The smallest absolute Gasteiger partial charge is 0.148 e. The Bertz CT molecular complexity index is 219. The van der Waals surface area contributed by atoms with Crippen molar-refractivity contribution in [2.45, 2.75) is 25.3 Å². The molecule has 0 aromatic rings. The molecule has 1 aliphatic rings. The summed E-state index contributed by atoms with van der Waals surface area (Å²) in [6, 6.07) is -0.126. The fourth-order valence-electron chi connectivity index (χ4n) is 1.35. The van der Waals surface area contributed by atoms with E-state index in [1.807, 2.05) is 0 Å². The maximum Gasteiger partial charge on any atom is 0.148 e. The van der Waals surface area contributed by atoms with E-state index in [-0.39, 0.29) is 11.8 Å². The third kappa shape index (κ3) is 2.79. The molecule has 66 valence electrons. The second-order valence-corrected chi connectivity index (χ2v) is 5.63. The Morgan fingerprint density at radius 1 is 1.55 bits per heavy atom. The normalized spacial score (nSPS) is 22.7. The summed E-state index contributed by atoms with van der Waals surface area (Å²) in [6.07, 6.45) is 4.67. The summed E-state index contributed by atoms with van der Waals surface area (Å²) in [5, 5.41) is 0. The van der Waals surface area contributed by atoms with Crippen molar-refractivity contribution in [1.29, 1.82) is 0 Å². The molecular formula is C7H15NO2S. The minimum Gasteiger partial charge on any atom is -0.327 e. The van der Waals surface area contributed by atoms with Crippen molar-refractivity contribution in [2.24, 2.45) is 11.7 Å². The van der Waals surface area contributed by atoms with Gasteiger partial charge >= 0.3 is 0 Å². The second kappa shape index (κ2) is 3.11. The molecule has 1 atom stereocenters. The van der Waals surface area contributed by atoms with Crippen LogP contribution in [0.4, 0.5) is 0 Å². The molecule has 1 rings (SSSR count). The lowest BCUT2D eigenvalue weighted by Crippen LogP contribution is -2.39. The van der Waals surface area contributed by atoms with E-state index in [1.54, 1.807) is 0 Å². The number of nitrogens with two attached hydrogens (primary N) is 1. The molecule has 0 radical (unpaired) electrons. The number of sulfone groups is 1. The van der Waals surface area contributed by atoms with Gasteiger partial charge in [-0.1, -0.05) is 6.42 Å². The second-order valence-electron chi connectivity index (χ2n) is 3.45. The molecule has 1 fully saturated rings. The summed E-state index contributed by atoms with van der Waals surface area (Å²) in [5.41, 5.74) is 5.69. The number of hydrogen-bond donors (Lipinski definition) is 1. The van der Waals surface area contributed by atoms with Gasteiger partial charge in [-0.05, 0) is 18.8 Å². The zero-order valence-electron chi connectivity index (χ0n) is 6.79. The average molecular weight is 177 g/mol. The molecule has 0 saturated heterocycles. The Morgan fingerprint density at radius 2 is 2.09 bits per heavy atom. The molecule has 0 amide bonds. The van der Waals surface area contributed by atoms with Gasteiger partial charge in [-0.25, -0.2) is 8.42 Å². The Hall–Kier alpha value is -0.0900. The third-order valence-corrected chi connectivity index (χ3v) is 3.24. The summed E-state index contributed by atoms with van der Waals surface area (Å²) in [4.78, 5) is 0. The van der Waals surface area contributed by atoms with Crippen molar-refractivity contribution in [2.75, 3.05) is 12.0 Å². The minimum absolute atomic E-state index is 0.126. The maximum absolute atomic E-state index is 10.8. The summed E-state index contributed by atoms with van der Waals surface area (Å²) in [6.45, 7) is 0. The van der Waals surface area contributed by atoms with Crippen LogP contribution in [0.15, 0.2) is 0 Å². The lowest BCUT2D eigenvalue weighted by atomic mass is 9.81. The highest BCUT2D eigenvalue weighted by Crippen LogP contribution is 2.28. The van der Waals surface area contributed by atoms with Gasteiger partial charge in [0.2, 0.25) is 0 Å². The number of rotatable bonds is 3. The Labute approximate surface area is 67.9 Å². The van der Waals surface area contributed by atoms with Crippen molar-refractivity contribution < 1.29 is 8.42 Å². The molecule has 1 unspecified atom stereocenters. The van der Waals surface area contributed by atoms with Gasteiger partial charge in [0.05, 0.1) is 5.75 Å². The molecule has 4 heteroatoms. The Kier molecular flexibility index (Phi) is 2.54. The van der Waals surface area contributed by atoms with E-state index in [2.05, 4.69) is 0 Å². The molecule has 0 aliphatic heterocycles. The van der Waals surface area contributed by atoms with Crippen LogP contribution in [0.2, 0.25) is 0 Å². The molecule has 11 heavy (non-hydrogen) atoms. The van der Waals surface area contributed by atoms with E-state index in [9.17, 15) is 8.42 Å². The van der Waals surface area contributed by atoms with E-state index in [4.69, 9.17) is 5.73 Å². The predicted octanol–water partition coefficient (Wildman–Crippen LogP) is 0.158. The van der Waals surface area contributed by atoms with Gasteiger partial charge in [-0.15, -0.1) is 0 Å². The topological polar surface area (TPSA) is 60.2 Å². The standard InChI is InChI=1S/C7H15NO2S/c1-11(9,10)5-7(8)6-3-2-4-6/h6-7H,2-5,8H2,1H3. The van der Waals surface area contributed by atoms with E-state index < -0.39 is 9.84 Å². The summed E-state index contributed by atoms with van der Waals surface area (Å²) in [7, 11) is -2.87. The van der Waals surface area contributed by atoms with E-state index in [0.29, 0.717) is 5.92 Å². The van der Waals surface area contributed by atoms with Crippen LogP contribution in [0.1, 0.15) is 19.3 Å². The Morgan fingerprint density at radius 3 is 2.36 bits per heavy atom. The summed E-state index contributed by atoms with van der Waals surface area (Å²) in [5.74, 6) is 0.613. The van der Waals surface area contributed by atoms with Gasteiger partial charge in [-0.3, -0.25) is 0 Å². The van der Waals surface area contributed by atoms with Crippen molar-refractivity contribution >= 4 is 9.84 Å². The van der Waals surface area contributed by atoms with E-state index in [1.165, 1.54) is 12.7 Å². The molecular weight excluding hydrogens is 162 g/mol. The first kappa shape index (κ1) is 9.00. The van der Waals surface area contributed by atoms with Crippen LogP contribution >= 0.6 is 0 Å². The molecule has 0 heterocycles. The van der Waals surface area contributed by atoms with Gasteiger partial charge < -0.3 is 5.73 Å². The predicted molar refractivity (Wildman–Crippen MR) is 45.0 cm³/mol. The molecule has 0 spiro atoms. The highest BCUT2D eigenvalue weighted by Gasteiger charge is 2.26.